The van der Waals surface area contributed by atoms with Gasteiger partial charge in [-0.3, -0.25) is 4.79 Å². The Balaban J connectivity index is 1.04. The molecule has 4 saturated heterocycles. The van der Waals surface area contributed by atoms with Crippen molar-refractivity contribution in [2.75, 3.05) is 70.3 Å². The third kappa shape index (κ3) is 7.32. The molecule has 4 aliphatic heterocycles. The molecule has 0 aliphatic carbocycles. The predicted molar refractivity (Wildman–Crippen MR) is 183 cm³/mol. The lowest BCUT2D eigenvalue weighted by atomic mass is 9.72. The fourth-order valence-corrected chi connectivity index (χ4v) is 9.75. The maximum Gasteiger partial charge on any atom is 0.282 e. The number of ether oxygens (including phenoxy) is 1. The van der Waals surface area contributed by atoms with Crippen LogP contribution in [-0.2, 0) is 10.2 Å². The highest BCUT2D eigenvalue weighted by Crippen LogP contribution is 2.42. The van der Waals surface area contributed by atoms with Gasteiger partial charge in [0.1, 0.15) is 17.9 Å². The van der Waals surface area contributed by atoms with Gasteiger partial charge >= 0.3 is 0 Å². The Hall–Kier alpha value is -2.91. The number of benzene rings is 1. The summed E-state index contributed by atoms with van der Waals surface area (Å²) in [5, 5.41) is 3.32. The quantitative estimate of drug-likeness (QED) is 0.402. The van der Waals surface area contributed by atoms with Gasteiger partial charge < -0.3 is 24.8 Å². The maximum absolute atomic E-state index is 14.4. The molecule has 14 heteroatoms. The van der Waals surface area contributed by atoms with E-state index in [2.05, 4.69) is 25.1 Å². The first kappa shape index (κ1) is 34.9. The van der Waals surface area contributed by atoms with Gasteiger partial charge in [-0.25, -0.2) is 14.4 Å². The zero-order valence-corrected chi connectivity index (χ0v) is 29.8. The number of rotatable bonds is 10. The Labute approximate surface area is 284 Å². The summed E-state index contributed by atoms with van der Waals surface area (Å²) in [6.07, 6.45) is 5.93. The van der Waals surface area contributed by atoms with Gasteiger partial charge in [-0.05, 0) is 83.4 Å². The van der Waals surface area contributed by atoms with Crippen molar-refractivity contribution in [2.45, 2.75) is 72.0 Å². The summed E-state index contributed by atoms with van der Waals surface area (Å²) >= 11 is 0. The molecule has 264 valence electrons. The molecule has 2 aromatic rings. The largest absolute Gasteiger partial charge is 0.451 e. The van der Waals surface area contributed by atoms with Crippen LogP contribution in [0.4, 0.5) is 10.2 Å². The zero-order valence-electron chi connectivity index (χ0n) is 28.9. The van der Waals surface area contributed by atoms with Gasteiger partial charge in [-0.15, -0.1) is 0 Å². The summed E-state index contributed by atoms with van der Waals surface area (Å²) in [4.78, 5) is 28.8. The zero-order chi connectivity index (χ0) is 34.2. The fourth-order valence-electron chi connectivity index (χ4n) is 8.05. The van der Waals surface area contributed by atoms with Crippen molar-refractivity contribution in [3.8, 4) is 11.5 Å². The summed E-state index contributed by atoms with van der Waals surface area (Å²) in [7, 11) is -3.41. The SMILES string of the molecule is CC(C)N(C(=O)c1cc(F)ccc1Oc1cncnc1N1CC[C@@H](CN2CC3(CCN(S(=O)(=O)N4CCN[C@@H](C)C4)CC3)C2)C1)C(C)C. The number of amides is 1. The van der Waals surface area contributed by atoms with Crippen molar-refractivity contribution >= 4 is 21.9 Å². The van der Waals surface area contributed by atoms with Gasteiger partial charge in [0.05, 0.1) is 11.8 Å². The number of carbonyl (C=O) groups is 1. The van der Waals surface area contributed by atoms with Crippen LogP contribution in [0.1, 0.15) is 64.2 Å². The van der Waals surface area contributed by atoms with E-state index in [1.54, 1.807) is 19.7 Å². The molecule has 0 unspecified atom stereocenters. The number of hydrogen-bond donors (Lipinski definition) is 1. The first-order valence-electron chi connectivity index (χ1n) is 17.4. The molecule has 1 spiro atoms. The number of hydrogen-bond acceptors (Lipinski definition) is 9. The summed E-state index contributed by atoms with van der Waals surface area (Å²) in [5.41, 5.74) is 0.375. The highest BCUT2D eigenvalue weighted by atomic mass is 32.2. The van der Waals surface area contributed by atoms with Crippen LogP contribution < -0.4 is 15.0 Å². The average Bonchev–Trinajstić information content (AvgIpc) is 3.49. The number of piperidine rings is 1. The van der Waals surface area contributed by atoms with Crippen molar-refractivity contribution in [2.24, 2.45) is 11.3 Å². The lowest BCUT2D eigenvalue weighted by Gasteiger charge is -2.54. The van der Waals surface area contributed by atoms with Gasteiger partial charge in [0, 0.05) is 83.6 Å². The number of nitrogens with one attached hydrogen (secondary N) is 1. The average molecular weight is 687 g/mol. The minimum absolute atomic E-state index is 0.0672. The third-order valence-corrected chi connectivity index (χ3v) is 12.4. The van der Waals surface area contributed by atoms with Crippen LogP contribution in [0.25, 0.3) is 0 Å². The number of likely N-dealkylation sites (tertiary alicyclic amines) is 1. The summed E-state index contributed by atoms with van der Waals surface area (Å²) in [5.74, 6) is 1.02. The number of piperazine rings is 1. The van der Waals surface area contributed by atoms with E-state index in [0.717, 1.165) is 52.0 Å². The van der Waals surface area contributed by atoms with Crippen molar-refractivity contribution in [3.63, 3.8) is 0 Å². The lowest BCUT2D eigenvalue weighted by Crippen LogP contribution is -2.63. The van der Waals surface area contributed by atoms with E-state index in [0.29, 0.717) is 50.2 Å². The minimum Gasteiger partial charge on any atom is -0.451 e. The number of carbonyl (C=O) groups excluding carboxylic acids is 1. The normalized spacial score (nSPS) is 24.0. The van der Waals surface area contributed by atoms with Crippen molar-refractivity contribution in [1.82, 2.24) is 33.7 Å². The first-order valence-corrected chi connectivity index (χ1v) is 18.8. The second-order valence-corrected chi connectivity index (χ2v) is 16.7. The second kappa shape index (κ2) is 14.1. The van der Waals surface area contributed by atoms with Crippen LogP contribution in [0.15, 0.2) is 30.7 Å². The van der Waals surface area contributed by atoms with E-state index in [9.17, 15) is 17.6 Å². The van der Waals surface area contributed by atoms with E-state index in [-0.39, 0.29) is 40.8 Å². The molecule has 1 N–H and O–H groups in total. The molecular weight excluding hydrogens is 635 g/mol. The van der Waals surface area contributed by atoms with E-state index in [1.807, 2.05) is 34.6 Å². The van der Waals surface area contributed by atoms with Crippen molar-refractivity contribution < 1.29 is 22.3 Å². The molecular formula is C34H51FN8O4S. The van der Waals surface area contributed by atoms with Crippen LogP contribution in [0.5, 0.6) is 11.5 Å². The molecule has 1 aromatic carbocycles. The standard InChI is InChI=1S/C34H51FN8O4S/c1-24(2)43(25(3)4)33(44)29-16-28(35)6-7-30(29)47-31-17-36-23-38-32(31)40-12-8-27(20-40)19-39-21-34(22-39)9-13-41(14-10-34)48(45,46)42-15-11-37-26(5)18-42/h6-7,16-17,23-27,37H,8-15,18-22H2,1-5H3/t26-,27-/m0/s1. The molecule has 12 nitrogen and oxygen atoms in total. The predicted octanol–water partition coefficient (Wildman–Crippen LogP) is 3.43. The summed E-state index contributed by atoms with van der Waals surface area (Å²) < 4.78 is 50.6. The molecule has 48 heavy (non-hydrogen) atoms. The molecule has 6 rings (SSSR count). The minimum atomic E-state index is -3.41. The van der Waals surface area contributed by atoms with Crippen LogP contribution in [0, 0.1) is 17.2 Å². The van der Waals surface area contributed by atoms with Crippen LogP contribution >= 0.6 is 0 Å². The Morgan fingerprint density at radius 1 is 1.06 bits per heavy atom. The molecule has 0 radical (unpaired) electrons. The van der Waals surface area contributed by atoms with Crippen molar-refractivity contribution in [3.05, 3.63) is 42.1 Å². The van der Waals surface area contributed by atoms with Gasteiger partial charge in [0.15, 0.2) is 11.6 Å². The Kier molecular flexibility index (Phi) is 10.3. The Bertz CT molecular complexity index is 1550. The molecule has 1 aromatic heterocycles. The number of anilines is 1. The van der Waals surface area contributed by atoms with Gasteiger partial charge in [-0.1, -0.05) is 0 Å². The second-order valence-electron chi connectivity index (χ2n) is 14.7. The lowest BCUT2D eigenvalue weighted by molar-refractivity contribution is -0.0413. The molecule has 1 amide bonds. The van der Waals surface area contributed by atoms with Crippen LogP contribution in [0.3, 0.4) is 0 Å². The van der Waals surface area contributed by atoms with E-state index in [1.165, 1.54) is 24.5 Å². The number of aromatic nitrogens is 2. The van der Waals surface area contributed by atoms with Crippen molar-refractivity contribution in [1.29, 1.82) is 0 Å². The monoisotopic (exact) mass is 686 g/mol. The molecule has 5 heterocycles. The smallest absolute Gasteiger partial charge is 0.282 e. The number of nitrogens with zero attached hydrogens (tertiary/aromatic N) is 7. The Morgan fingerprint density at radius 3 is 2.48 bits per heavy atom. The Morgan fingerprint density at radius 2 is 1.79 bits per heavy atom. The van der Waals surface area contributed by atoms with Gasteiger partial charge in [-0.2, -0.15) is 17.0 Å². The molecule has 0 bridgehead atoms. The van der Waals surface area contributed by atoms with E-state index in [4.69, 9.17) is 4.74 Å². The molecule has 4 aliphatic rings. The molecule has 2 atom stereocenters. The summed E-state index contributed by atoms with van der Waals surface area (Å²) in [6.45, 7) is 17.4. The first-order chi connectivity index (χ1) is 22.8. The van der Waals surface area contributed by atoms with Crippen LogP contribution in [0.2, 0.25) is 0 Å². The van der Waals surface area contributed by atoms with Gasteiger partial charge in [0.25, 0.3) is 16.1 Å². The fraction of sp³-hybridized carbons (Fsp3) is 0.676. The number of halogens is 1. The van der Waals surface area contributed by atoms with E-state index < -0.39 is 16.0 Å². The topological polar surface area (TPSA) is 114 Å². The molecule has 4 fully saturated rings. The highest BCUT2D eigenvalue weighted by molar-refractivity contribution is 7.86. The third-order valence-electron chi connectivity index (χ3n) is 10.4. The highest BCUT2D eigenvalue weighted by Gasteiger charge is 2.48. The maximum atomic E-state index is 14.4. The van der Waals surface area contributed by atoms with Crippen LogP contribution in [-0.4, -0.2) is 126 Å². The van der Waals surface area contributed by atoms with Gasteiger partial charge in [0.2, 0.25) is 0 Å². The summed E-state index contributed by atoms with van der Waals surface area (Å²) in [6, 6.07) is 4.07. The van der Waals surface area contributed by atoms with E-state index >= 15 is 0 Å². The molecule has 0 saturated carbocycles.